The maximum absolute atomic E-state index is 12.0. The van der Waals surface area contributed by atoms with Crippen LogP contribution in [-0.4, -0.2) is 18.0 Å². The van der Waals surface area contributed by atoms with Gasteiger partial charge in [0.25, 0.3) is 5.91 Å². The largest absolute Gasteiger partial charge is 0.345 e. The molecule has 16 heavy (non-hydrogen) atoms. The third-order valence-corrected chi connectivity index (χ3v) is 4.58. The summed E-state index contributed by atoms with van der Waals surface area (Å²) in [5, 5.41) is 4.89. The summed E-state index contributed by atoms with van der Waals surface area (Å²) in [7, 11) is 0. The van der Waals surface area contributed by atoms with Gasteiger partial charge in [0.05, 0.1) is 10.4 Å². The van der Waals surface area contributed by atoms with E-state index in [0.29, 0.717) is 17.3 Å². The Balaban J connectivity index is 2.77. The summed E-state index contributed by atoms with van der Waals surface area (Å²) >= 11 is 4.75. The number of thiophene rings is 1. The second-order valence-corrected chi connectivity index (χ2v) is 6.19. The smallest absolute Gasteiger partial charge is 0.261 e. The average Bonchev–Trinajstić information content (AvgIpc) is 2.64. The molecule has 0 aliphatic heterocycles. The summed E-state index contributed by atoms with van der Waals surface area (Å²) in [6.45, 7) is 6.51. The number of hydrogen-bond donors (Lipinski definition) is 2. The number of rotatable bonds is 4. The lowest BCUT2D eigenvalue weighted by Gasteiger charge is -2.33. The minimum absolute atomic E-state index is 0.0580. The SMILES string of the molecule is CC(C)C(C)(CN)NC(=O)c1cc(Br)cs1. The van der Waals surface area contributed by atoms with E-state index in [1.54, 1.807) is 0 Å². The van der Waals surface area contributed by atoms with E-state index in [0.717, 1.165) is 4.47 Å². The highest BCUT2D eigenvalue weighted by molar-refractivity contribution is 9.10. The number of nitrogens with two attached hydrogens (primary N) is 1. The van der Waals surface area contributed by atoms with Crippen molar-refractivity contribution in [2.45, 2.75) is 26.3 Å². The van der Waals surface area contributed by atoms with Crippen molar-refractivity contribution >= 4 is 33.2 Å². The number of amides is 1. The summed E-state index contributed by atoms with van der Waals surface area (Å²) in [5.41, 5.74) is 5.37. The zero-order chi connectivity index (χ0) is 12.3. The number of hydrogen-bond acceptors (Lipinski definition) is 3. The van der Waals surface area contributed by atoms with E-state index < -0.39 is 0 Å². The van der Waals surface area contributed by atoms with E-state index in [1.165, 1.54) is 11.3 Å². The quantitative estimate of drug-likeness (QED) is 0.898. The van der Waals surface area contributed by atoms with Gasteiger partial charge in [0, 0.05) is 16.4 Å². The normalized spacial score (nSPS) is 14.9. The van der Waals surface area contributed by atoms with Gasteiger partial charge in [-0.05, 0) is 34.8 Å². The first-order valence-electron chi connectivity index (χ1n) is 5.15. The maximum atomic E-state index is 12.0. The fraction of sp³-hybridized carbons (Fsp3) is 0.545. The van der Waals surface area contributed by atoms with Crippen LogP contribution in [0.4, 0.5) is 0 Å². The molecule has 90 valence electrons. The summed E-state index contributed by atoms with van der Waals surface area (Å²) in [4.78, 5) is 12.7. The first-order chi connectivity index (χ1) is 7.39. The van der Waals surface area contributed by atoms with E-state index >= 15 is 0 Å². The van der Waals surface area contributed by atoms with Crippen LogP contribution < -0.4 is 11.1 Å². The van der Waals surface area contributed by atoms with Crippen molar-refractivity contribution in [1.29, 1.82) is 0 Å². The van der Waals surface area contributed by atoms with Crippen LogP contribution in [0.5, 0.6) is 0 Å². The number of carbonyl (C=O) groups is 1. The van der Waals surface area contributed by atoms with Gasteiger partial charge < -0.3 is 11.1 Å². The Morgan fingerprint density at radius 3 is 2.69 bits per heavy atom. The Morgan fingerprint density at radius 2 is 2.31 bits per heavy atom. The Kier molecular flexibility index (Phi) is 4.52. The standard InChI is InChI=1S/C11H17BrN2OS/c1-7(2)11(3,6-13)14-10(15)9-4-8(12)5-16-9/h4-5,7H,6,13H2,1-3H3,(H,14,15). The van der Waals surface area contributed by atoms with E-state index in [9.17, 15) is 4.79 Å². The first-order valence-corrected chi connectivity index (χ1v) is 6.83. The Bertz CT molecular complexity index is 378. The van der Waals surface area contributed by atoms with Crippen molar-refractivity contribution in [3.05, 3.63) is 20.8 Å². The van der Waals surface area contributed by atoms with E-state index in [4.69, 9.17) is 5.73 Å². The molecule has 0 aliphatic carbocycles. The molecule has 0 saturated carbocycles. The van der Waals surface area contributed by atoms with Gasteiger partial charge >= 0.3 is 0 Å². The summed E-state index contributed by atoms with van der Waals surface area (Å²) < 4.78 is 0.932. The molecule has 0 aromatic carbocycles. The van der Waals surface area contributed by atoms with Crippen LogP contribution in [-0.2, 0) is 0 Å². The molecular weight excluding hydrogens is 288 g/mol. The van der Waals surface area contributed by atoms with E-state index in [-0.39, 0.29) is 11.4 Å². The van der Waals surface area contributed by atoms with Crippen molar-refractivity contribution in [2.75, 3.05) is 6.54 Å². The fourth-order valence-electron chi connectivity index (χ4n) is 1.18. The van der Waals surface area contributed by atoms with Gasteiger partial charge in [-0.2, -0.15) is 0 Å². The molecule has 0 aliphatic rings. The van der Waals surface area contributed by atoms with Gasteiger partial charge in [0.15, 0.2) is 0 Å². The topological polar surface area (TPSA) is 55.1 Å². The molecule has 0 saturated heterocycles. The molecule has 1 aromatic rings. The highest BCUT2D eigenvalue weighted by Crippen LogP contribution is 2.21. The zero-order valence-corrected chi connectivity index (χ0v) is 12.1. The van der Waals surface area contributed by atoms with Crippen molar-refractivity contribution in [3.63, 3.8) is 0 Å². The van der Waals surface area contributed by atoms with Gasteiger partial charge in [-0.15, -0.1) is 11.3 Å². The van der Waals surface area contributed by atoms with Crippen LogP contribution >= 0.6 is 27.3 Å². The molecule has 1 amide bonds. The molecular formula is C11H17BrN2OS. The predicted molar refractivity (Wildman–Crippen MR) is 71.8 cm³/mol. The van der Waals surface area contributed by atoms with Crippen molar-refractivity contribution < 1.29 is 4.79 Å². The van der Waals surface area contributed by atoms with Gasteiger partial charge in [0.1, 0.15) is 0 Å². The van der Waals surface area contributed by atoms with Crippen LogP contribution in [0.25, 0.3) is 0 Å². The van der Waals surface area contributed by atoms with E-state index in [2.05, 4.69) is 35.1 Å². The molecule has 1 unspecified atom stereocenters. The molecule has 1 heterocycles. The molecule has 3 nitrogen and oxygen atoms in total. The lowest BCUT2D eigenvalue weighted by atomic mass is 9.88. The van der Waals surface area contributed by atoms with Gasteiger partial charge in [0.2, 0.25) is 0 Å². The van der Waals surface area contributed by atoms with Crippen LogP contribution in [0, 0.1) is 5.92 Å². The Hall–Kier alpha value is -0.390. The van der Waals surface area contributed by atoms with Crippen LogP contribution in [0.3, 0.4) is 0 Å². The van der Waals surface area contributed by atoms with Crippen molar-refractivity contribution in [1.82, 2.24) is 5.32 Å². The van der Waals surface area contributed by atoms with Crippen molar-refractivity contribution in [2.24, 2.45) is 11.7 Å². The minimum Gasteiger partial charge on any atom is -0.345 e. The van der Waals surface area contributed by atoms with Gasteiger partial charge in [-0.1, -0.05) is 13.8 Å². The Morgan fingerprint density at radius 1 is 1.69 bits per heavy atom. The second kappa shape index (κ2) is 5.29. The van der Waals surface area contributed by atoms with Gasteiger partial charge in [-0.25, -0.2) is 0 Å². The predicted octanol–water partition coefficient (Wildman–Crippen LogP) is 2.61. The minimum atomic E-state index is -0.354. The van der Waals surface area contributed by atoms with Gasteiger partial charge in [-0.3, -0.25) is 4.79 Å². The highest BCUT2D eigenvalue weighted by Gasteiger charge is 2.29. The number of carbonyl (C=O) groups excluding carboxylic acids is 1. The molecule has 5 heteroatoms. The molecule has 0 bridgehead atoms. The molecule has 0 radical (unpaired) electrons. The Labute approximate surface area is 109 Å². The third kappa shape index (κ3) is 3.06. The molecule has 3 N–H and O–H groups in total. The fourth-order valence-corrected chi connectivity index (χ4v) is 2.51. The highest BCUT2D eigenvalue weighted by atomic mass is 79.9. The monoisotopic (exact) mass is 304 g/mol. The molecule has 0 fully saturated rings. The lowest BCUT2D eigenvalue weighted by molar-refractivity contribution is 0.0887. The average molecular weight is 305 g/mol. The summed E-state index contributed by atoms with van der Waals surface area (Å²) in [6.07, 6.45) is 0. The number of nitrogens with one attached hydrogen (secondary N) is 1. The zero-order valence-electron chi connectivity index (χ0n) is 9.71. The van der Waals surface area contributed by atoms with E-state index in [1.807, 2.05) is 18.4 Å². The number of halogens is 1. The van der Waals surface area contributed by atoms with Crippen LogP contribution in [0.15, 0.2) is 15.9 Å². The molecule has 1 aromatic heterocycles. The molecule has 1 rings (SSSR count). The summed E-state index contributed by atoms with van der Waals surface area (Å²) in [5.74, 6) is 0.238. The molecule has 0 spiro atoms. The van der Waals surface area contributed by atoms with Crippen molar-refractivity contribution in [3.8, 4) is 0 Å². The maximum Gasteiger partial charge on any atom is 0.261 e. The van der Waals surface area contributed by atoms with Crippen LogP contribution in [0.1, 0.15) is 30.4 Å². The lowest BCUT2D eigenvalue weighted by Crippen LogP contribution is -2.54. The van der Waals surface area contributed by atoms with Crippen LogP contribution in [0.2, 0.25) is 0 Å². The third-order valence-electron chi connectivity index (χ3n) is 2.89. The second-order valence-electron chi connectivity index (χ2n) is 4.36. The molecule has 1 atom stereocenters. The summed E-state index contributed by atoms with van der Waals surface area (Å²) in [6, 6.07) is 1.82. The first kappa shape index (κ1) is 13.7.